The number of carbonyl (C=O) groups is 1. The maximum atomic E-state index is 11.0. The molecule has 5 nitrogen and oxygen atoms in total. The number of hydrogen-bond donors (Lipinski definition) is 2. The number of aliphatic carboxylic acids is 1. The molecule has 0 radical (unpaired) electrons. The van der Waals surface area contributed by atoms with Crippen LogP contribution in [0, 0.1) is 19.8 Å². The minimum Gasteiger partial charge on any atom is -0.480 e. The molecule has 2 aliphatic carbocycles. The lowest BCUT2D eigenvalue weighted by Gasteiger charge is -2.43. The summed E-state index contributed by atoms with van der Waals surface area (Å²) >= 11 is 1.76. The number of nitrogens with zero attached hydrogens (tertiary/aromatic N) is 2. The number of thiazole rings is 1. The van der Waals surface area contributed by atoms with Gasteiger partial charge in [-0.1, -0.05) is 0 Å². The van der Waals surface area contributed by atoms with Crippen molar-refractivity contribution in [1.82, 2.24) is 15.2 Å². The Labute approximate surface area is 135 Å². The predicted octanol–water partition coefficient (Wildman–Crippen LogP) is 2.18. The average molecular weight is 323 g/mol. The van der Waals surface area contributed by atoms with Crippen molar-refractivity contribution in [2.45, 2.75) is 58.2 Å². The molecule has 0 aliphatic heterocycles. The third kappa shape index (κ3) is 4.06. The van der Waals surface area contributed by atoms with Gasteiger partial charge < -0.3 is 10.4 Å². The number of rotatable bonds is 8. The Balaban J connectivity index is 1.43. The van der Waals surface area contributed by atoms with Crippen LogP contribution < -0.4 is 5.32 Å². The molecule has 2 N–H and O–H groups in total. The van der Waals surface area contributed by atoms with E-state index < -0.39 is 5.97 Å². The molecule has 1 aromatic rings. The SMILES string of the molecule is Cc1nc(C)c(CNC2CC(N(CC(=O)O)CC3CC3)C2)s1. The first-order valence-electron chi connectivity index (χ1n) is 8.13. The van der Waals surface area contributed by atoms with Crippen molar-refractivity contribution in [2.24, 2.45) is 5.92 Å². The molecule has 22 heavy (non-hydrogen) atoms. The Morgan fingerprint density at radius 2 is 2.14 bits per heavy atom. The fraction of sp³-hybridized carbons (Fsp3) is 0.750. The molecule has 1 aromatic heterocycles. The summed E-state index contributed by atoms with van der Waals surface area (Å²) < 4.78 is 0. The van der Waals surface area contributed by atoms with Crippen molar-refractivity contribution in [1.29, 1.82) is 0 Å². The summed E-state index contributed by atoms with van der Waals surface area (Å²) in [6.45, 7) is 6.16. The highest BCUT2D eigenvalue weighted by Crippen LogP contribution is 2.34. The monoisotopic (exact) mass is 323 g/mol. The molecule has 1 heterocycles. The number of carboxylic acids is 1. The van der Waals surface area contributed by atoms with Crippen LogP contribution in [-0.4, -0.2) is 46.1 Å². The Hall–Kier alpha value is -0.980. The normalized spacial score (nSPS) is 24.5. The summed E-state index contributed by atoms with van der Waals surface area (Å²) in [6.07, 6.45) is 4.68. The van der Waals surface area contributed by atoms with E-state index in [0.717, 1.165) is 42.6 Å². The van der Waals surface area contributed by atoms with Gasteiger partial charge in [0.25, 0.3) is 0 Å². The second-order valence-corrected chi connectivity index (χ2v) is 8.00. The first-order valence-corrected chi connectivity index (χ1v) is 8.95. The Bertz CT molecular complexity index is 535. The third-order valence-electron chi connectivity index (χ3n) is 4.71. The fourth-order valence-corrected chi connectivity index (χ4v) is 4.06. The molecule has 0 spiro atoms. The number of nitrogens with one attached hydrogen (secondary N) is 1. The topological polar surface area (TPSA) is 65.5 Å². The standard InChI is InChI=1S/C16H25N3O2S/c1-10-15(22-11(2)18-10)7-17-13-5-14(6-13)19(9-16(20)21)8-12-3-4-12/h12-14,17H,3-9H2,1-2H3,(H,20,21). The van der Waals surface area contributed by atoms with Crippen molar-refractivity contribution in [3.8, 4) is 0 Å². The molecule has 0 bridgehead atoms. The molecule has 0 saturated heterocycles. The zero-order valence-corrected chi connectivity index (χ0v) is 14.2. The maximum absolute atomic E-state index is 11.0. The fourth-order valence-electron chi connectivity index (χ4n) is 3.18. The van der Waals surface area contributed by atoms with Crippen LogP contribution in [0.4, 0.5) is 0 Å². The largest absolute Gasteiger partial charge is 0.480 e. The van der Waals surface area contributed by atoms with Gasteiger partial charge in [0.2, 0.25) is 0 Å². The van der Waals surface area contributed by atoms with Crippen molar-refractivity contribution in [2.75, 3.05) is 13.1 Å². The van der Waals surface area contributed by atoms with E-state index >= 15 is 0 Å². The van der Waals surface area contributed by atoms with Gasteiger partial charge in [-0.25, -0.2) is 4.98 Å². The molecular weight excluding hydrogens is 298 g/mol. The van der Waals surface area contributed by atoms with Gasteiger partial charge in [-0.2, -0.15) is 0 Å². The first-order chi connectivity index (χ1) is 10.5. The second-order valence-electron chi connectivity index (χ2n) is 6.71. The van der Waals surface area contributed by atoms with Gasteiger partial charge in [-0.05, 0) is 45.4 Å². The van der Waals surface area contributed by atoms with Gasteiger partial charge in [0, 0.05) is 30.1 Å². The number of aromatic nitrogens is 1. The van der Waals surface area contributed by atoms with E-state index in [4.69, 9.17) is 5.11 Å². The molecule has 2 saturated carbocycles. The van der Waals surface area contributed by atoms with Gasteiger partial charge in [0.15, 0.2) is 0 Å². The molecule has 2 aliphatic rings. The lowest BCUT2D eigenvalue weighted by molar-refractivity contribution is -0.139. The van der Waals surface area contributed by atoms with Crippen molar-refractivity contribution < 1.29 is 9.90 Å². The van der Waals surface area contributed by atoms with Crippen molar-refractivity contribution in [3.63, 3.8) is 0 Å². The van der Waals surface area contributed by atoms with E-state index in [1.165, 1.54) is 17.7 Å². The zero-order chi connectivity index (χ0) is 15.7. The minimum atomic E-state index is -0.701. The van der Waals surface area contributed by atoms with Gasteiger partial charge in [0.1, 0.15) is 0 Å². The van der Waals surface area contributed by atoms with Crippen LogP contribution in [0.25, 0.3) is 0 Å². The van der Waals surface area contributed by atoms with Crippen LogP contribution in [0.2, 0.25) is 0 Å². The van der Waals surface area contributed by atoms with Gasteiger partial charge in [-0.15, -0.1) is 11.3 Å². The average Bonchev–Trinajstić information content (AvgIpc) is 3.12. The van der Waals surface area contributed by atoms with Crippen molar-refractivity contribution >= 4 is 17.3 Å². The van der Waals surface area contributed by atoms with E-state index in [2.05, 4.69) is 22.1 Å². The minimum absolute atomic E-state index is 0.195. The number of hydrogen-bond acceptors (Lipinski definition) is 5. The Kier molecular flexibility index (Phi) is 4.80. The van der Waals surface area contributed by atoms with E-state index in [1.54, 1.807) is 11.3 Å². The molecule has 2 fully saturated rings. The molecular formula is C16H25N3O2S. The highest BCUT2D eigenvalue weighted by molar-refractivity contribution is 7.11. The summed E-state index contributed by atoms with van der Waals surface area (Å²) in [4.78, 5) is 19.0. The van der Waals surface area contributed by atoms with Gasteiger partial charge in [0.05, 0.1) is 17.2 Å². The maximum Gasteiger partial charge on any atom is 0.317 e. The van der Waals surface area contributed by atoms with Gasteiger partial charge >= 0.3 is 5.97 Å². The Morgan fingerprint density at radius 3 is 2.68 bits per heavy atom. The lowest BCUT2D eigenvalue weighted by atomic mass is 9.85. The van der Waals surface area contributed by atoms with E-state index in [1.807, 2.05) is 6.92 Å². The summed E-state index contributed by atoms with van der Waals surface area (Å²) in [7, 11) is 0. The first kappa shape index (κ1) is 15.9. The molecule has 0 unspecified atom stereocenters. The van der Waals surface area contributed by atoms with Crippen LogP contribution in [0.5, 0.6) is 0 Å². The molecule has 3 rings (SSSR count). The van der Waals surface area contributed by atoms with E-state index in [-0.39, 0.29) is 6.54 Å². The lowest BCUT2D eigenvalue weighted by Crippen LogP contribution is -2.54. The van der Waals surface area contributed by atoms with Crippen LogP contribution in [-0.2, 0) is 11.3 Å². The smallest absolute Gasteiger partial charge is 0.317 e. The summed E-state index contributed by atoms with van der Waals surface area (Å²) in [5, 5.41) is 13.8. The highest BCUT2D eigenvalue weighted by atomic mass is 32.1. The number of aryl methyl sites for hydroxylation is 2. The second kappa shape index (κ2) is 6.64. The van der Waals surface area contributed by atoms with E-state index in [9.17, 15) is 4.79 Å². The van der Waals surface area contributed by atoms with E-state index in [0.29, 0.717) is 12.1 Å². The number of carboxylic acid groups (broad SMARTS) is 1. The molecule has 0 amide bonds. The Morgan fingerprint density at radius 1 is 1.41 bits per heavy atom. The summed E-state index contributed by atoms with van der Waals surface area (Å²) in [5.74, 6) is 0.0435. The predicted molar refractivity (Wildman–Crippen MR) is 87.2 cm³/mol. The third-order valence-corrected chi connectivity index (χ3v) is 5.78. The van der Waals surface area contributed by atoms with Crippen molar-refractivity contribution in [3.05, 3.63) is 15.6 Å². The van der Waals surface area contributed by atoms with Crippen LogP contribution in [0.3, 0.4) is 0 Å². The summed E-state index contributed by atoms with van der Waals surface area (Å²) in [5.41, 5.74) is 1.13. The summed E-state index contributed by atoms with van der Waals surface area (Å²) in [6, 6.07) is 0.959. The molecule has 0 atom stereocenters. The molecule has 122 valence electrons. The molecule has 6 heteroatoms. The van der Waals surface area contributed by atoms with Crippen LogP contribution >= 0.6 is 11.3 Å². The zero-order valence-electron chi connectivity index (χ0n) is 13.3. The highest BCUT2D eigenvalue weighted by Gasteiger charge is 2.36. The van der Waals surface area contributed by atoms with Gasteiger partial charge in [-0.3, -0.25) is 9.69 Å². The molecule has 0 aromatic carbocycles. The van der Waals surface area contributed by atoms with Crippen LogP contribution in [0.1, 0.15) is 41.3 Å². The van der Waals surface area contributed by atoms with Crippen LogP contribution in [0.15, 0.2) is 0 Å². The quantitative estimate of drug-likeness (QED) is 0.767.